The Morgan fingerprint density at radius 2 is 1.92 bits per heavy atom. The first kappa shape index (κ1) is 17.7. The Balaban J connectivity index is 1.87. The highest BCUT2D eigenvalue weighted by Gasteiger charge is 2.31. The van der Waals surface area contributed by atoms with Crippen molar-refractivity contribution in [2.45, 2.75) is 32.2 Å². The van der Waals surface area contributed by atoms with Crippen LogP contribution in [0.25, 0.3) is 0 Å². The number of methoxy groups -OCH3 is 1. The molecule has 0 saturated heterocycles. The van der Waals surface area contributed by atoms with Crippen LogP contribution in [-0.4, -0.2) is 29.9 Å². The number of nitrogens with one attached hydrogen (secondary N) is 1. The molecule has 2 N–H and O–H groups in total. The molecule has 0 fully saturated rings. The number of fused-ring (bicyclic) bond motifs is 1. The molecular formula is C19H19NO6. The third-order valence-electron chi connectivity index (χ3n) is 4.48. The van der Waals surface area contributed by atoms with Gasteiger partial charge in [-0.2, -0.15) is 0 Å². The number of Topliss-reactive ketones (excluding diaryl/α,β-unsaturated/α-hetero) is 1. The molecule has 1 aliphatic carbocycles. The maximum Gasteiger partial charge on any atom is 0.330 e. The number of carboxylic acid groups (broad SMARTS) is 1. The minimum atomic E-state index is -1.24. The number of benzene rings is 1. The highest BCUT2D eigenvalue weighted by molar-refractivity contribution is 6.04. The minimum Gasteiger partial charge on any atom is -0.497 e. The first-order valence-electron chi connectivity index (χ1n) is 8.25. The van der Waals surface area contributed by atoms with Crippen molar-refractivity contribution in [1.82, 2.24) is 5.32 Å². The molecule has 0 spiro atoms. The lowest BCUT2D eigenvalue weighted by atomic mass is 9.94. The number of hydrogen-bond donors (Lipinski definition) is 2. The van der Waals surface area contributed by atoms with Gasteiger partial charge in [-0.1, -0.05) is 12.1 Å². The SMILES string of the molecule is COc1ccc(C(NC(=O)c2oc3c(c2C)C(=O)CCC3)C(=O)O)cc1. The molecule has 7 nitrogen and oxygen atoms in total. The van der Waals surface area contributed by atoms with Gasteiger partial charge >= 0.3 is 5.97 Å². The quantitative estimate of drug-likeness (QED) is 0.852. The largest absolute Gasteiger partial charge is 0.497 e. The molecule has 7 heteroatoms. The molecule has 2 aromatic rings. The van der Waals surface area contributed by atoms with E-state index in [1.807, 2.05) is 0 Å². The molecular weight excluding hydrogens is 338 g/mol. The first-order chi connectivity index (χ1) is 12.4. The number of ketones is 1. The van der Waals surface area contributed by atoms with Crippen molar-refractivity contribution < 1.29 is 28.6 Å². The van der Waals surface area contributed by atoms with E-state index in [1.54, 1.807) is 31.2 Å². The van der Waals surface area contributed by atoms with Crippen LogP contribution in [0.1, 0.15) is 56.7 Å². The molecule has 1 amide bonds. The molecule has 1 aromatic heterocycles. The summed E-state index contributed by atoms with van der Waals surface area (Å²) in [5.41, 5.74) is 1.32. The fourth-order valence-corrected chi connectivity index (χ4v) is 3.15. The second-order valence-electron chi connectivity index (χ2n) is 6.15. The molecule has 0 bridgehead atoms. The van der Waals surface area contributed by atoms with E-state index < -0.39 is 17.9 Å². The van der Waals surface area contributed by atoms with Crippen LogP contribution in [0.15, 0.2) is 28.7 Å². The summed E-state index contributed by atoms with van der Waals surface area (Å²) >= 11 is 0. The normalized spacial score (nSPS) is 14.5. The number of carbonyl (C=O) groups is 3. The molecule has 1 unspecified atom stereocenters. The Kier molecular flexibility index (Phi) is 4.79. The van der Waals surface area contributed by atoms with Gasteiger partial charge < -0.3 is 19.6 Å². The maximum atomic E-state index is 12.6. The van der Waals surface area contributed by atoms with Crippen molar-refractivity contribution in [1.29, 1.82) is 0 Å². The number of ether oxygens (including phenoxy) is 1. The second kappa shape index (κ2) is 7.03. The van der Waals surface area contributed by atoms with Gasteiger partial charge in [0.1, 0.15) is 11.5 Å². The first-order valence-corrected chi connectivity index (χ1v) is 8.25. The average Bonchev–Trinajstić information content (AvgIpc) is 2.97. The minimum absolute atomic E-state index is 0.00925. The summed E-state index contributed by atoms with van der Waals surface area (Å²) in [5, 5.41) is 12.0. The number of aryl methyl sites for hydroxylation is 1. The van der Waals surface area contributed by atoms with Gasteiger partial charge in [0.15, 0.2) is 17.6 Å². The Morgan fingerprint density at radius 1 is 1.23 bits per heavy atom. The molecule has 26 heavy (non-hydrogen) atoms. The molecule has 136 valence electrons. The van der Waals surface area contributed by atoms with Crippen LogP contribution in [0, 0.1) is 6.92 Å². The molecule has 1 aliphatic rings. The van der Waals surface area contributed by atoms with E-state index in [-0.39, 0.29) is 11.5 Å². The van der Waals surface area contributed by atoms with Crippen LogP contribution < -0.4 is 10.1 Å². The van der Waals surface area contributed by atoms with E-state index in [2.05, 4.69) is 5.32 Å². The number of carboxylic acids is 1. The molecule has 1 atom stereocenters. The highest BCUT2D eigenvalue weighted by Crippen LogP contribution is 2.29. The van der Waals surface area contributed by atoms with Crippen LogP contribution in [0.5, 0.6) is 5.75 Å². The Morgan fingerprint density at radius 3 is 2.50 bits per heavy atom. The van der Waals surface area contributed by atoms with Crippen molar-refractivity contribution >= 4 is 17.7 Å². The lowest BCUT2D eigenvalue weighted by Crippen LogP contribution is -2.33. The van der Waals surface area contributed by atoms with Crippen molar-refractivity contribution in [3.05, 3.63) is 52.5 Å². The zero-order valence-electron chi connectivity index (χ0n) is 14.5. The van der Waals surface area contributed by atoms with Crippen molar-refractivity contribution in [2.75, 3.05) is 7.11 Å². The predicted octanol–water partition coefficient (Wildman–Crippen LogP) is 2.67. The summed E-state index contributed by atoms with van der Waals surface area (Å²) in [6.45, 7) is 1.64. The highest BCUT2D eigenvalue weighted by atomic mass is 16.5. The van der Waals surface area contributed by atoms with Crippen LogP contribution in [0.4, 0.5) is 0 Å². The van der Waals surface area contributed by atoms with Gasteiger partial charge in [0.2, 0.25) is 0 Å². The number of amides is 1. The summed E-state index contributed by atoms with van der Waals surface area (Å²) in [6, 6.07) is 5.13. The zero-order chi connectivity index (χ0) is 18.8. The number of rotatable bonds is 5. The predicted molar refractivity (Wildman–Crippen MR) is 91.6 cm³/mol. The van der Waals surface area contributed by atoms with Crippen LogP contribution in [0.2, 0.25) is 0 Å². The van der Waals surface area contributed by atoms with Crippen LogP contribution in [0.3, 0.4) is 0 Å². The summed E-state index contributed by atoms with van der Waals surface area (Å²) in [6.07, 6.45) is 1.71. The number of hydrogen-bond acceptors (Lipinski definition) is 5. The summed E-state index contributed by atoms with van der Waals surface area (Å²) in [5.74, 6) is -0.833. The standard InChI is InChI=1S/C19H19NO6/c1-10-15-13(21)4-3-5-14(15)26-17(10)18(22)20-16(19(23)24)11-6-8-12(25-2)9-7-11/h6-9,16H,3-5H2,1-2H3,(H,20,22)(H,23,24). The van der Waals surface area contributed by atoms with Crippen LogP contribution in [-0.2, 0) is 11.2 Å². The summed E-state index contributed by atoms with van der Waals surface area (Å²) < 4.78 is 10.6. The topological polar surface area (TPSA) is 106 Å². The number of aliphatic carboxylic acids is 1. The molecule has 0 saturated carbocycles. The van der Waals surface area contributed by atoms with E-state index in [0.717, 1.165) is 0 Å². The molecule has 1 aromatic carbocycles. The van der Waals surface area contributed by atoms with E-state index in [1.165, 1.54) is 7.11 Å². The number of furan rings is 1. The van der Waals surface area contributed by atoms with Crippen LogP contribution >= 0.6 is 0 Å². The van der Waals surface area contributed by atoms with Gasteiger partial charge in [-0.05, 0) is 31.0 Å². The lowest BCUT2D eigenvalue weighted by molar-refractivity contribution is -0.139. The van der Waals surface area contributed by atoms with Gasteiger partial charge in [-0.15, -0.1) is 0 Å². The Hall–Kier alpha value is -3.09. The van der Waals surface area contributed by atoms with Crippen molar-refractivity contribution in [3.8, 4) is 5.75 Å². The van der Waals surface area contributed by atoms with Gasteiger partial charge in [0.25, 0.3) is 5.91 Å². The van der Waals surface area contributed by atoms with Crippen molar-refractivity contribution in [3.63, 3.8) is 0 Å². The second-order valence-corrected chi connectivity index (χ2v) is 6.15. The maximum absolute atomic E-state index is 12.6. The van der Waals surface area contributed by atoms with Gasteiger partial charge in [-0.3, -0.25) is 9.59 Å². The monoisotopic (exact) mass is 357 g/mol. The third kappa shape index (κ3) is 3.20. The number of carbonyl (C=O) groups excluding carboxylic acids is 2. The Bertz CT molecular complexity index is 865. The Labute approximate surface area is 150 Å². The summed E-state index contributed by atoms with van der Waals surface area (Å²) in [4.78, 5) is 36.3. The third-order valence-corrected chi connectivity index (χ3v) is 4.48. The molecule has 3 rings (SSSR count). The van der Waals surface area contributed by atoms with E-state index in [0.29, 0.717) is 47.5 Å². The van der Waals surface area contributed by atoms with E-state index >= 15 is 0 Å². The average molecular weight is 357 g/mol. The zero-order valence-corrected chi connectivity index (χ0v) is 14.5. The molecule has 1 heterocycles. The fraction of sp³-hybridized carbons (Fsp3) is 0.316. The summed E-state index contributed by atoms with van der Waals surface area (Å²) in [7, 11) is 1.51. The smallest absolute Gasteiger partial charge is 0.330 e. The molecule has 0 aliphatic heterocycles. The lowest BCUT2D eigenvalue weighted by Gasteiger charge is -2.14. The van der Waals surface area contributed by atoms with E-state index in [4.69, 9.17) is 9.15 Å². The fourth-order valence-electron chi connectivity index (χ4n) is 3.15. The van der Waals surface area contributed by atoms with Gasteiger partial charge in [-0.25, -0.2) is 4.79 Å². The van der Waals surface area contributed by atoms with Gasteiger partial charge in [0.05, 0.1) is 12.7 Å². The van der Waals surface area contributed by atoms with Crippen molar-refractivity contribution in [2.24, 2.45) is 0 Å². The van der Waals surface area contributed by atoms with Gasteiger partial charge in [0, 0.05) is 18.4 Å². The molecule has 0 radical (unpaired) electrons. The van der Waals surface area contributed by atoms with E-state index in [9.17, 15) is 19.5 Å².